The molecule has 5 rings (SSSR count). The molecule has 7 nitrogen and oxygen atoms in total. The Bertz CT molecular complexity index is 1360. The Kier molecular flexibility index (Phi) is 6.12. The summed E-state index contributed by atoms with van der Waals surface area (Å²) < 4.78 is 20.4. The van der Waals surface area contributed by atoms with Crippen LogP contribution in [0.4, 0.5) is 10.1 Å². The molecule has 34 heavy (non-hydrogen) atoms. The summed E-state index contributed by atoms with van der Waals surface area (Å²) in [7, 11) is 0. The van der Waals surface area contributed by atoms with E-state index in [0.29, 0.717) is 49.0 Å². The highest BCUT2D eigenvalue weighted by atomic mass is 32.1. The lowest BCUT2D eigenvalue weighted by Crippen LogP contribution is -2.40. The fraction of sp³-hybridized carbons (Fsp3) is 0.240. The van der Waals surface area contributed by atoms with Gasteiger partial charge in [-0.15, -0.1) is 11.3 Å². The summed E-state index contributed by atoms with van der Waals surface area (Å²) in [5.41, 5.74) is 2.84. The van der Waals surface area contributed by atoms with Crippen molar-refractivity contribution in [3.63, 3.8) is 0 Å². The second kappa shape index (κ2) is 9.36. The van der Waals surface area contributed by atoms with Gasteiger partial charge in [0.05, 0.1) is 30.3 Å². The molecule has 2 aromatic carbocycles. The maximum Gasteiger partial charge on any atom is 0.265 e. The van der Waals surface area contributed by atoms with Crippen LogP contribution in [0.5, 0.6) is 0 Å². The minimum Gasteiger partial charge on any atom is -0.378 e. The van der Waals surface area contributed by atoms with Gasteiger partial charge in [0, 0.05) is 29.7 Å². The SMILES string of the molecule is Cc1nn(Cc2ccc(F)cc2)c2sc(C(=O)Nc3cccc(C(=O)N4CCOCC4)c3)cc12. The van der Waals surface area contributed by atoms with Crippen molar-refractivity contribution in [3.8, 4) is 0 Å². The second-order valence-corrected chi connectivity index (χ2v) is 9.17. The zero-order valence-electron chi connectivity index (χ0n) is 18.6. The van der Waals surface area contributed by atoms with Crippen LogP contribution in [-0.4, -0.2) is 52.8 Å². The van der Waals surface area contributed by atoms with Gasteiger partial charge in [-0.05, 0) is 48.9 Å². The van der Waals surface area contributed by atoms with Gasteiger partial charge in [-0.25, -0.2) is 4.39 Å². The number of nitrogens with zero attached hydrogens (tertiary/aromatic N) is 3. The lowest BCUT2D eigenvalue weighted by molar-refractivity contribution is 0.0303. The molecule has 3 heterocycles. The number of benzene rings is 2. The first-order valence-electron chi connectivity index (χ1n) is 11.0. The van der Waals surface area contributed by atoms with Crippen LogP contribution in [0.25, 0.3) is 10.2 Å². The van der Waals surface area contributed by atoms with Crippen molar-refractivity contribution in [3.05, 3.63) is 82.1 Å². The molecule has 0 radical (unpaired) electrons. The van der Waals surface area contributed by atoms with E-state index < -0.39 is 0 Å². The molecular formula is C25H23FN4O3S. The van der Waals surface area contributed by atoms with E-state index in [1.165, 1.54) is 23.5 Å². The van der Waals surface area contributed by atoms with Gasteiger partial charge in [-0.3, -0.25) is 14.3 Å². The van der Waals surface area contributed by atoms with Crippen LogP contribution in [0.3, 0.4) is 0 Å². The van der Waals surface area contributed by atoms with Crippen molar-refractivity contribution in [1.29, 1.82) is 0 Å². The first kappa shape index (κ1) is 22.2. The third-order valence-corrected chi connectivity index (χ3v) is 6.89. The van der Waals surface area contributed by atoms with Crippen LogP contribution < -0.4 is 5.32 Å². The Morgan fingerprint density at radius 3 is 2.65 bits per heavy atom. The molecule has 0 unspecified atom stereocenters. The Balaban J connectivity index is 1.34. The maximum atomic E-state index is 13.2. The molecule has 0 bridgehead atoms. The first-order chi connectivity index (χ1) is 16.5. The average Bonchev–Trinajstić information content (AvgIpc) is 3.42. The maximum absolute atomic E-state index is 13.2. The lowest BCUT2D eigenvalue weighted by Gasteiger charge is -2.27. The molecule has 0 atom stereocenters. The number of aryl methyl sites for hydroxylation is 1. The monoisotopic (exact) mass is 478 g/mol. The average molecular weight is 479 g/mol. The summed E-state index contributed by atoms with van der Waals surface area (Å²) in [4.78, 5) is 28.9. The summed E-state index contributed by atoms with van der Waals surface area (Å²) in [6, 6.07) is 15.1. The van der Waals surface area contributed by atoms with Crippen LogP contribution in [-0.2, 0) is 11.3 Å². The number of fused-ring (bicyclic) bond motifs is 1. The van der Waals surface area contributed by atoms with Gasteiger partial charge in [0.25, 0.3) is 11.8 Å². The van der Waals surface area contributed by atoms with Crippen LogP contribution in [0.2, 0.25) is 0 Å². The van der Waals surface area contributed by atoms with Crippen molar-refractivity contribution in [2.75, 3.05) is 31.6 Å². The van der Waals surface area contributed by atoms with E-state index in [-0.39, 0.29) is 17.6 Å². The Labute approximate surface area is 199 Å². The summed E-state index contributed by atoms with van der Waals surface area (Å²) >= 11 is 1.35. The van der Waals surface area contributed by atoms with Crippen LogP contribution in [0.1, 0.15) is 31.3 Å². The number of carbonyl (C=O) groups is 2. The quantitative estimate of drug-likeness (QED) is 0.464. The van der Waals surface area contributed by atoms with Crippen LogP contribution in [0.15, 0.2) is 54.6 Å². The summed E-state index contributed by atoms with van der Waals surface area (Å²) in [6.45, 7) is 4.58. The molecule has 174 valence electrons. The van der Waals surface area contributed by atoms with Crippen LogP contribution >= 0.6 is 11.3 Å². The molecule has 0 aliphatic carbocycles. The second-order valence-electron chi connectivity index (χ2n) is 8.14. The van der Waals surface area contributed by atoms with Crippen molar-refractivity contribution in [2.24, 2.45) is 0 Å². The number of morpholine rings is 1. The van der Waals surface area contributed by atoms with E-state index in [1.54, 1.807) is 41.3 Å². The van der Waals surface area contributed by atoms with E-state index in [0.717, 1.165) is 21.5 Å². The minimum atomic E-state index is -0.281. The Morgan fingerprint density at radius 2 is 1.88 bits per heavy atom. The van der Waals surface area contributed by atoms with Gasteiger partial charge in [-0.1, -0.05) is 18.2 Å². The summed E-state index contributed by atoms with van der Waals surface area (Å²) in [5.74, 6) is -0.598. The fourth-order valence-corrected chi connectivity index (χ4v) is 5.02. The molecule has 1 N–H and O–H groups in total. The predicted octanol–water partition coefficient (Wildman–Crippen LogP) is 4.32. The highest BCUT2D eigenvalue weighted by Crippen LogP contribution is 2.29. The number of amides is 2. The van der Waals surface area contributed by atoms with Crippen molar-refractivity contribution in [2.45, 2.75) is 13.5 Å². The number of hydrogen-bond acceptors (Lipinski definition) is 5. The van der Waals surface area contributed by atoms with Crippen molar-refractivity contribution < 1.29 is 18.7 Å². The minimum absolute atomic E-state index is 0.0715. The van der Waals surface area contributed by atoms with E-state index in [2.05, 4.69) is 10.4 Å². The molecule has 1 aliphatic heterocycles. The molecule has 1 fully saturated rings. The smallest absolute Gasteiger partial charge is 0.265 e. The zero-order chi connectivity index (χ0) is 23.7. The first-order valence-corrected chi connectivity index (χ1v) is 11.8. The van der Waals surface area contributed by atoms with Gasteiger partial charge in [0.1, 0.15) is 10.6 Å². The molecule has 4 aromatic rings. The van der Waals surface area contributed by atoms with Crippen LogP contribution in [0, 0.1) is 12.7 Å². The topological polar surface area (TPSA) is 76.5 Å². The number of anilines is 1. The lowest BCUT2D eigenvalue weighted by atomic mass is 10.1. The number of thiophene rings is 1. The van der Waals surface area contributed by atoms with Crippen molar-refractivity contribution in [1.82, 2.24) is 14.7 Å². The van der Waals surface area contributed by atoms with E-state index in [1.807, 2.05) is 17.7 Å². The summed E-state index contributed by atoms with van der Waals surface area (Å²) in [5, 5.41) is 8.40. The zero-order valence-corrected chi connectivity index (χ0v) is 19.4. The molecule has 0 spiro atoms. The van der Waals surface area contributed by atoms with Crippen molar-refractivity contribution >= 4 is 39.1 Å². The number of nitrogens with one attached hydrogen (secondary N) is 1. The third-order valence-electron chi connectivity index (χ3n) is 5.74. The number of ether oxygens (including phenoxy) is 1. The Morgan fingerprint density at radius 1 is 1.12 bits per heavy atom. The third kappa shape index (κ3) is 4.57. The molecule has 2 aromatic heterocycles. The molecule has 1 saturated heterocycles. The normalized spacial score (nSPS) is 13.9. The molecular weight excluding hydrogens is 455 g/mol. The van der Waals surface area contributed by atoms with E-state index >= 15 is 0 Å². The number of aromatic nitrogens is 2. The highest BCUT2D eigenvalue weighted by molar-refractivity contribution is 7.20. The van der Waals surface area contributed by atoms with Gasteiger partial charge >= 0.3 is 0 Å². The molecule has 9 heteroatoms. The number of carbonyl (C=O) groups excluding carboxylic acids is 2. The number of hydrogen-bond donors (Lipinski definition) is 1. The molecule has 1 aliphatic rings. The van der Waals surface area contributed by atoms with Gasteiger partial charge < -0.3 is 15.0 Å². The van der Waals surface area contributed by atoms with E-state index in [9.17, 15) is 14.0 Å². The number of rotatable bonds is 5. The number of halogens is 1. The summed E-state index contributed by atoms with van der Waals surface area (Å²) in [6.07, 6.45) is 0. The largest absolute Gasteiger partial charge is 0.378 e. The predicted molar refractivity (Wildman–Crippen MR) is 129 cm³/mol. The molecule has 2 amide bonds. The van der Waals surface area contributed by atoms with Gasteiger partial charge in [0.2, 0.25) is 0 Å². The fourth-order valence-electron chi connectivity index (χ4n) is 3.97. The van der Waals surface area contributed by atoms with Gasteiger partial charge in [0.15, 0.2) is 0 Å². The standard InChI is InChI=1S/C25H23FN4O3S/c1-16-21-14-22(34-25(21)30(28-16)15-17-5-7-19(26)8-6-17)23(31)27-20-4-2-3-18(13-20)24(32)29-9-11-33-12-10-29/h2-8,13-14H,9-12,15H2,1H3,(H,27,31). The van der Waals surface area contributed by atoms with Gasteiger partial charge in [-0.2, -0.15) is 5.10 Å². The molecule has 0 saturated carbocycles. The van der Waals surface area contributed by atoms with E-state index in [4.69, 9.17) is 4.74 Å². The highest BCUT2D eigenvalue weighted by Gasteiger charge is 2.20. The Hall–Kier alpha value is -3.56.